The van der Waals surface area contributed by atoms with E-state index in [1.165, 1.54) is 5.57 Å². The fourth-order valence-electron chi connectivity index (χ4n) is 6.09. The number of benzene rings is 1. The number of carbonyl (C=O) groups is 2. The summed E-state index contributed by atoms with van der Waals surface area (Å²) in [5.74, 6) is -0.291. The molecule has 1 aromatic carbocycles. The summed E-state index contributed by atoms with van der Waals surface area (Å²) in [5.41, 5.74) is 7.49. The monoisotopic (exact) mass is 545 g/mol. The molecular weight excluding hydrogens is 498 g/mol. The Hall–Kier alpha value is -2.78. The first-order chi connectivity index (χ1) is 18.5. The zero-order valence-electron chi connectivity index (χ0n) is 24.5. The quantitative estimate of drug-likeness (QED) is 0.334. The number of likely N-dealkylation sites (tertiary alicyclic amines) is 1. The van der Waals surface area contributed by atoms with Crippen molar-refractivity contribution in [3.05, 3.63) is 29.3 Å². The first-order valence-electron chi connectivity index (χ1n) is 14.1. The van der Waals surface area contributed by atoms with Crippen LogP contribution in [-0.4, -0.2) is 79.5 Å². The molecule has 0 saturated carbocycles. The van der Waals surface area contributed by atoms with Gasteiger partial charge in [0.15, 0.2) is 11.5 Å². The average molecular weight is 546 g/mol. The summed E-state index contributed by atoms with van der Waals surface area (Å²) >= 11 is 0. The molecule has 1 aromatic rings. The van der Waals surface area contributed by atoms with Gasteiger partial charge in [-0.1, -0.05) is 38.8 Å². The molecule has 1 saturated heterocycles. The predicted octanol–water partition coefficient (Wildman–Crippen LogP) is 4.25. The van der Waals surface area contributed by atoms with E-state index in [0.29, 0.717) is 49.8 Å². The van der Waals surface area contributed by atoms with Crippen LogP contribution in [0.25, 0.3) is 0 Å². The van der Waals surface area contributed by atoms with Crippen LogP contribution in [0.1, 0.15) is 71.8 Å². The largest absolute Gasteiger partial charge is 0.493 e. The van der Waals surface area contributed by atoms with Crippen LogP contribution in [0.15, 0.2) is 23.8 Å². The van der Waals surface area contributed by atoms with E-state index in [9.17, 15) is 14.7 Å². The molecular formula is C30H47N3O6. The third-order valence-electron chi connectivity index (χ3n) is 7.66. The minimum atomic E-state index is -0.865. The van der Waals surface area contributed by atoms with E-state index in [0.717, 1.165) is 24.8 Å². The van der Waals surface area contributed by atoms with Crippen molar-refractivity contribution >= 4 is 11.9 Å². The van der Waals surface area contributed by atoms with E-state index in [-0.39, 0.29) is 36.6 Å². The number of amides is 1. The number of hydrogen-bond acceptors (Lipinski definition) is 7. The lowest BCUT2D eigenvalue weighted by molar-refractivity contribution is -0.144. The summed E-state index contributed by atoms with van der Waals surface area (Å²) in [6.07, 6.45) is 5.45. The summed E-state index contributed by atoms with van der Waals surface area (Å²) in [6, 6.07) is 3.39. The summed E-state index contributed by atoms with van der Waals surface area (Å²) in [4.78, 5) is 30.5. The van der Waals surface area contributed by atoms with Crippen molar-refractivity contribution in [1.29, 1.82) is 0 Å². The average Bonchev–Trinajstić information content (AvgIpc) is 3.47. The number of nitrogens with two attached hydrogens (primary N) is 1. The van der Waals surface area contributed by atoms with E-state index < -0.39 is 11.9 Å². The molecule has 0 bridgehead atoms. The number of rotatable bonds is 14. The van der Waals surface area contributed by atoms with E-state index in [1.54, 1.807) is 7.11 Å². The van der Waals surface area contributed by atoms with Gasteiger partial charge in [-0.3, -0.25) is 14.5 Å². The molecule has 3 rings (SSSR count). The Bertz CT molecular complexity index is 1030. The van der Waals surface area contributed by atoms with Gasteiger partial charge in [-0.05, 0) is 62.8 Å². The van der Waals surface area contributed by atoms with E-state index in [2.05, 4.69) is 45.6 Å². The van der Waals surface area contributed by atoms with Crippen LogP contribution in [0.5, 0.6) is 17.2 Å². The van der Waals surface area contributed by atoms with Crippen molar-refractivity contribution in [1.82, 2.24) is 9.80 Å². The van der Waals surface area contributed by atoms with Gasteiger partial charge in [-0.25, -0.2) is 0 Å². The lowest BCUT2D eigenvalue weighted by Gasteiger charge is -2.34. The summed E-state index contributed by atoms with van der Waals surface area (Å²) in [7, 11) is 1.56. The topological polar surface area (TPSA) is 115 Å². The molecule has 9 nitrogen and oxygen atoms in total. The molecule has 39 heavy (non-hydrogen) atoms. The number of ether oxygens (including phenoxy) is 3. The number of fused-ring (bicyclic) bond motifs is 1. The molecule has 2 heterocycles. The molecule has 218 valence electrons. The second-order valence-corrected chi connectivity index (χ2v) is 11.7. The summed E-state index contributed by atoms with van der Waals surface area (Å²) in [5, 5.41) is 10.6. The van der Waals surface area contributed by atoms with Crippen molar-refractivity contribution in [3.8, 4) is 17.2 Å². The summed E-state index contributed by atoms with van der Waals surface area (Å²) < 4.78 is 16.8. The third kappa shape index (κ3) is 7.66. The minimum Gasteiger partial charge on any atom is -0.493 e. The number of aliphatic carboxylic acids is 1. The van der Waals surface area contributed by atoms with Gasteiger partial charge in [-0.2, -0.15) is 0 Å². The van der Waals surface area contributed by atoms with Gasteiger partial charge in [0, 0.05) is 31.6 Å². The molecule has 9 heteroatoms. The number of unbranched alkanes of at least 4 members (excludes halogenated alkanes) is 1. The molecule has 1 fully saturated rings. The lowest BCUT2D eigenvalue weighted by atomic mass is 9.77. The van der Waals surface area contributed by atoms with Gasteiger partial charge < -0.3 is 30.0 Å². The van der Waals surface area contributed by atoms with Crippen molar-refractivity contribution in [2.75, 3.05) is 46.6 Å². The molecule has 3 unspecified atom stereocenters. The van der Waals surface area contributed by atoms with Gasteiger partial charge >= 0.3 is 5.97 Å². The van der Waals surface area contributed by atoms with Crippen LogP contribution < -0.4 is 19.9 Å². The maximum atomic E-state index is 13.6. The third-order valence-corrected chi connectivity index (χ3v) is 7.66. The highest BCUT2D eigenvalue weighted by atomic mass is 16.7. The number of hydrogen-bond donors (Lipinski definition) is 2. The van der Waals surface area contributed by atoms with Crippen LogP contribution in [-0.2, 0) is 9.59 Å². The number of nitrogens with zero attached hydrogens (tertiary/aromatic N) is 2. The fourth-order valence-corrected chi connectivity index (χ4v) is 6.09. The van der Waals surface area contributed by atoms with Crippen LogP contribution in [0, 0.1) is 11.3 Å². The highest BCUT2D eigenvalue weighted by molar-refractivity contribution is 5.79. The van der Waals surface area contributed by atoms with Crippen LogP contribution in [0.4, 0.5) is 0 Å². The number of carbonyl (C=O) groups excluding carboxylic acids is 1. The molecule has 3 N–H and O–H groups in total. The SMILES string of the molecule is CCCCN(CCCN)C(=O)CN1CC(c2cc(OC)c3c(c2)OCO3)C(C(=O)O)C1CC(C)(C)C=C(C)C. The van der Waals surface area contributed by atoms with Crippen molar-refractivity contribution in [2.45, 2.75) is 72.3 Å². The molecule has 0 spiro atoms. The van der Waals surface area contributed by atoms with Crippen molar-refractivity contribution in [2.24, 2.45) is 17.1 Å². The molecule has 0 radical (unpaired) electrons. The van der Waals surface area contributed by atoms with Gasteiger partial charge in [0.25, 0.3) is 0 Å². The molecule has 0 aliphatic carbocycles. The number of allylic oxidation sites excluding steroid dienone is 2. The Morgan fingerprint density at radius 3 is 2.56 bits per heavy atom. The van der Waals surface area contributed by atoms with Crippen LogP contribution in [0.2, 0.25) is 0 Å². The van der Waals surface area contributed by atoms with E-state index in [4.69, 9.17) is 19.9 Å². The van der Waals surface area contributed by atoms with Gasteiger partial charge in [0.2, 0.25) is 18.4 Å². The standard InChI is InChI=1S/C30H47N3O6/c1-7-8-11-32(12-9-10-31)26(34)18-33-17-22(21-13-24(37-6)28-25(14-21)38-19-39-28)27(29(35)36)23(33)16-30(4,5)15-20(2)3/h13-15,22-23,27H,7-12,16-19,31H2,1-6H3,(H,35,36). The molecule has 1 amide bonds. The van der Waals surface area contributed by atoms with Crippen LogP contribution in [0.3, 0.4) is 0 Å². The Labute approximate surface area is 233 Å². The Morgan fingerprint density at radius 1 is 1.23 bits per heavy atom. The fraction of sp³-hybridized carbons (Fsp3) is 0.667. The minimum absolute atomic E-state index is 0.0231. The molecule has 2 aliphatic rings. The molecule has 3 atom stereocenters. The van der Waals surface area contributed by atoms with E-state index in [1.807, 2.05) is 17.0 Å². The Morgan fingerprint density at radius 2 is 1.95 bits per heavy atom. The maximum Gasteiger partial charge on any atom is 0.308 e. The molecule has 2 aliphatic heterocycles. The van der Waals surface area contributed by atoms with Gasteiger partial charge in [-0.15, -0.1) is 0 Å². The maximum absolute atomic E-state index is 13.6. The molecule has 0 aromatic heterocycles. The first kappa shape index (κ1) is 30.8. The number of carboxylic acids is 1. The van der Waals surface area contributed by atoms with E-state index >= 15 is 0 Å². The first-order valence-corrected chi connectivity index (χ1v) is 14.1. The second kappa shape index (κ2) is 13.5. The van der Waals surface area contributed by atoms with Crippen molar-refractivity contribution in [3.63, 3.8) is 0 Å². The highest BCUT2D eigenvalue weighted by Crippen LogP contribution is 2.48. The zero-order valence-corrected chi connectivity index (χ0v) is 24.5. The smallest absolute Gasteiger partial charge is 0.308 e. The van der Waals surface area contributed by atoms with Crippen molar-refractivity contribution < 1.29 is 28.9 Å². The predicted molar refractivity (Wildman–Crippen MR) is 151 cm³/mol. The second-order valence-electron chi connectivity index (χ2n) is 11.7. The Kier molecular flexibility index (Phi) is 10.7. The Balaban J connectivity index is 1.99. The number of methoxy groups -OCH3 is 1. The van der Waals surface area contributed by atoms with Gasteiger partial charge in [0.05, 0.1) is 19.6 Å². The van der Waals surface area contributed by atoms with Crippen LogP contribution >= 0.6 is 0 Å². The number of carboxylic acid groups (broad SMARTS) is 1. The van der Waals surface area contributed by atoms with Gasteiger partial charge in [0.1, 0.15) is 0 Å². The lowest BCUT2D eigenvalue weighted by Crippen LogP contribution is -2.46. The normalized spacial score (nSPS) is 20.6. The highest BCUT2D eigenvalue weighted by Gasteiger charge is 2.49. The summed E-state index contributed by atoms with van der Waals surface area (Å²) in [6.45, 7) is 13.0. The zero-order chi connectivity index (χ0) is 28.7.